The number of hydrazine groups is 1. The van der Waals surface area contributed by atoms with E-state index in [2.05, 4.69) is 24.1 Å². The molecule has 3 N–H and O–H groups in total. The zero-order valence-corrected chi connectivity index (χ0v) is 17.5. The Morgan fingerprint density at radius 1 is 1.14 bits per heavy atom. The van der Waals surface area contributed by atoms with Crippen molar-refractivity contribution in [3.05, 3.63) is 29.8 Å². The molecule has 3 atom stereocenters. The van der Waals surface area contributed by atoms with E-state index in [-0.39, 0.29) is 29.4 Å². The maximum Gasteiger partial charge on any atom is 0.338 e. The lowest BCUT2D eigenvalue weighted by Gasteiger charge is -2.35. The zero-order valence-electron chi connectivity index (χ0n) is 16.7. The molecule has 1 aliphatic heterocycles. The van der Waals surface area contributed by atoms with Gasteiger partial charge in [0.15, 0.2) is 0 Å². The fourth-order valence-corrected chi connectivity index (χ4v) is 4.43. The Balaban J connectivity index is 1.86. The molecule has 0 radical (unpaired) electrons. The number of sulfonamides is 1. The Morgan fingerprint density at radius 3 is 2.32 bits per heavy atom. The first-order chi connectivity index (χ1) is 13.2. The molecule has 0 aliphatic carbocycles. The molecule has 0 aromatic heterocycles. The highest BCUT2D eigenvalue weighted by Gasteiger charge is 2.28. The zero-order chi connectivity index (χ0) is 20.7. The van der Waals surface area contributed by atoms with E-state index in [0.29, 0.717) is 18.6 Å². The van der Waals surface area contributed by atoms with Crippen LogP contribution in [-0.4, -0.2) is 45.5 Å². The number of ether oxygens (including phenoxy) is 1. The Kier molecular flexibility index (Phi) is 7.97. The summed E-state index contributed by atoms with van der Waals surface area (Å²) in [5, 5.41) is 0. The molecule has 1 fully saturated rings. The Morgan fingerprint density at radius 2 is 1.75 bits per heavy atom. The summed E-state index contributed by atoms with van der Waals surface area (Å²) in [6.45, 7) is 6.97. The predicted molar refractivity (Wildman–Crippen MR) is 104 cm³/mol. The third kappa shape index (κ3) is 6.02. The SMILES string of the molecule is CCOC(=O)c1ccc(S(=O)(=O)NNC(=O)CC[NH+]2[C@H](C)CCC[C@@H]2C)cc1. The van der Waals surface area contributed by atoms with E-state index in [9.17, 15) is 18.0 Å². The summed E-state index contributed by atoms with van der Waals surface area (Å²) in [6, 6.07) is 6.34. The van der Waals surface area contributed by atoms with Crippen LogP contribution >= 0.6 is 0 Å². The normalized spacial score (nSPS) is 22.5. The molecule has 1 unspecified atom stereocenters. The molecule has 8 nitrogen and oxygen atoms in total. The van der Waals surface area contributed by atoms with Gasteiger partial charge >= 0.3 is 5.97 Å². The van der Waals surface area contributed by atoms with Crippen molar-refractivity contribution in [1.82, 2.24) is 10.3 Å². The van der Waals surface area contributed by atoms with Gasteiger partial charge in [-0.05, 0) is 64.3 Å². The van der Waals surface area contributed by atoms with Crippen molar-refractivity contribution in [2.45, 2.75) is 63.4 Å². The van der Waals surface area contributed by atoms with Gasteiger partial charge in [-0.15, -0.1) is 4.83 Å². The van der Waals surface area contributed by atoms with Gasteiger partial charge in [0.2, 0.25) is 5.91 Å². The minimum absolute atomic E-state index is 0.0512. The number of amides is 1. The molecule has 2 rings (SSSR count). The molecule has 0 spiro atoms. The third-order valence-corrected chi connectivity index (χ3v) is 6.45. The van der Waals surface area contributed by atoms with Gasteiger partial charge in [-0.25, -0.2) is 13.2 Å². The summed E-state index contributed by atoms with van der Waals surface area (Å²) in [5.41, 5.74) is 2.53. The van der Waals surface area contributed by atoms with Crippen LogP contribution in [0.5, 0.6) is 0 Å². The fourth-order valence-electron chi connectivity index (χ4n) is 3.57. The van der Waals surface area contributed by atoms with E-state index in [1.165, 1.54) is 35.6 Å². The van der Waals surface area contributed by atoms with E-state index in [0.717, 1.165) is 12.8 Å². The van der Waals surface area contributed by atoms with Gasteiger partial charge in [-0.1, -0.05) is 0 Å². The second kappa shape index (κ2) is 9.99. The van der Waals surface area contributed by atoms with Crippen LogP contribution < -0.4 is 15.2 Å². The van der Waals surface area contributed by atoms with Gasteiger partial charge in [0.1, 0.15) is 0 Å². The number of carbonyl (C=O) groups excluding carboxylic acids is 2. The van der Waals surface area contributed by atoms with Crippen LogP contribution in [0.1, 0.15) is 56.8 Å². The molecule has 0 bridgehead atoms. The average molecular weight is 413 g/mol. The summed E-state index contributed by atoms with van der Waals surface area (Å²) in [4.78, 5) is 27.1. The van der Waals surface area contributed by atoms with Gasteiger partial charge in [0.05, 0.1) is 42.1 Å². The fraction of sp³-hybridized carbons (Fsp3) is 0.579. The molecule has 1 aromatic carbocycles. The smallest absolute Gasteiger partial charge is 0.338 e. The lowest BCUT2D eigenvalue weighted by atomic mass is 9.97. The van der Waals surface area contributed by atoms with Crippen LogP contribution in [-0.2, 0) is 19.6 Å². The van der Waals surface area contributed by atoms with Crippen LogP contribution in [0.4, 0.5) is 0 Å². The molecular formula is C19H30N3O5S+. The summed E-state index contributed by atoms with van der Waals surface area (Å²) in [6.07, 6.45) is 3.76. The summed E-state index contributed by atoms with van der Waals surface area (Å²) in [7, 11) is -3.92. The highest BCUT2D eigenvalue weighted by Crippen LogP contribution is 2.11. The van der Waals surface area contributed by atoms with E-state index in [1.54, 1.807) is 6.92 Å². The first-order valence-corrected chi connectivity index (χ1v) is 11.2. The highest BCUT2D eigenvalue weighted by molar-refractivity contribution is 7.89. The first kappa shape index (κ1) is 22.3. The number of likely N-dealkylation sites (tertiary alicyclic amines) is 1. The number of hydrogen-bond donors (Lipinski definition) is 3. The molecule has 0 saturated carbocycles. The molecule has 1 aromatic rings. The topological polar surface area (TPSA) is 106 Å². The monoisotopic (exact) mass is 412 g/mol. The summed E-state index contributed by atoms with van der Waals surface area (Å²) < 4.78 is 29.5. The quantitative estimate of drug-likeness (QED) is 0.424. The molecule has 1 amide bonds. The average Bonchev–Trinajstić information content (AvgIpc) is 2.66. The number of piperidine rings is 1. The maximum atomic E-state index is 12.3. The minimum Gasteiger partial charge on any atom is -0.462 e. The second-order valence-electron chi connectivity index (χ2n) is 7.21. The van der Waals surface area contributed by atoms with E-state index >= 15 is 0 Å². The highest BCUT2D eigenvalue weighted by atomic mass is 32.2. The van der Waals surface area contributed by atoms with Crippen LogP contribution in [0.2, 0.25) is 0 Å². The third-order valence-electron chi connectivity index (χ3n) is 5.18. The second-order valence-corrected chi connectivity index (χ2v) is 8.89. The van der Waals surface area contributed by atoms with Crippen molar-refractivity contribution < 1.29 is 27.6 Å². The van der Waals surface area contributed by atoms with Crippen LogP contribution in [0.3, 0.4) is 0 Å². The minimum atomic E-state index is -3.92. The van der Waals surface area contributed by atoms with Crippen molar-refractivity contribution in [2.24, 2.45) is 0 Å². The number of carbonyl (C=O) groups is 2. The van der Waals surface area contributed by atoms with Gasteiger partial charge in [0, 0.05) is 0 Å². The van der Waals surface area contributed by atoms with E-state index < -0.39 is 16.0 Å². The number of esters is 1. The predicted octanol–water partition coefficient (Wildman–Crippen LogP) is 0.409. The van der Waals surface area contributed by atoms with Gasteiger partial charge in [0.25, 0.3) is 10.0 Å². The van der Waals surface area contributed by atoms with Crippen LogP contribution in [0.25, 0.3) is 0 Å². The molecular weight excluding hydrogens is 382 g/mol. The van der Waals surface area contributed by atoms with E-state index in [1.807, 2.05) is 0 Å². The molecule has 9 heteroatoms. The number of quaternary nitrogens is 1. The van der Waals surface area contributed by atoms with Crippen molar-refractivity contribution >= 4 is 21.9 Å². The summed E-state index contributed by atoms with van der Waals surface area (Å²) in [5.74, 6) is -0.888. The lowest BCUT2D eigenvalue weighted by Crippen LogP contribution is -3.19. The van der Waals surface area contributed by atoms with Gasteiger partial charge in [-0.3, -0.25) is 10.2 Å². The van der Waals surface area contributed by atoms with Crippen molar-refractivity contribution in [1.29, 1.82) is 0 Å². The molecule has 1 aliphatic rings. The number of hydrogen-bond acceptors (Lipinski definition) is 5. The molecule has 1 saturated heterocycles. The summed E-state index contributed by atoms with van der Waals surface area (Å²) >= 11 is 0. The number of nitrogens with one attached hydrogen (secondary N) is 3. The Bertz CT molecular complexity index is 769. The van der Waals surface area contributed by atoms with Gasteiger partial charge < -0.3 is 9.64 Å². The van der Waals surface area contributed by atoms with E-state index in [4.69, 9.17) is 4.74 Å². The van der Waals surface area contributed by atoms with Crippen LogP contribution in [0, 0.1) is 0 Å². The number of rotatable bonds is 8. The largest absolute Gasteiger partial charge is 0.462 e. The van der Waals surface area contributed by atoms with Gasteiger partial charge in [-0.2, -0.15) is 0 Å². The molecule has 1 heterocycles. The van der Waals surface area contributed by atoms with Crippen LogP contribution in [0.15, 0.2) is 29.2 Å². The van der Waals surface area contributed by atoms with Crippen molar-refractivity contribution in [2.75, 3.05) is 13.2 Å². The maximum absolute atomic E-state index is 12.3. The first-order valence-electron chi connectivity index (χ1n) is 9.68. The Labute approximate surface area is 166 Å². The number of benzene rings is 1. The lowest BCUT2D eigenvalue weighted by molar-refractivity contribution is -0.950. The van der Waals surface area contributed by atoms with Crippen molar-refractivity contribution in [3.8, 4) is 0 Å². The standard InChI is InChI=1S/C19H29N3O5S/c1-4-27-19(24)16-8-10-17(11-9-16)28(25,26)21-20-18(23)12-13-22-14(2)6-5-7-15(22)3/h8-11,14-15,21H,4-7,12-13H2,1-3H3,(H,20,23)/p+1/t14-,15+. The molecule has 28 heavy (non-hydrogen) atoms. The van der Waals surface area contributed by atoms with Crippen molar-refractivity contribution in [3.63, 3.8) is 0 Å². The molecule has 156 valence electrons. The Hall–Kier alpha value is -1.97.